The molecule has 0 spiro atoms. The third kappa shape index (κ3) is 3.61. The summed E-state index contributed by atoms with van der Waals surface area (Å²) >= 11 is 0. The topological polar surface area (TPSA) is 15.8 Å². The molecule has 7 rings (SSSR count). The van der Waals surface area contributed by atoms with E-state index < -0.39 is 8.07 Å². The smallest absolute Gasteiger partial charge is 0.179 e. The molecule has 0 atom stereocenters. The Labute approximate surface area is 224 Å². The summed E-state index contributed by atoms with van der Waals surface area (Å²) in [6.07, 6.45) is 0. The number of H-pyrrole nitrogens is 1. The van der Waals surface area contributed by atoms with Crippen LogP contribution in [0, 0.1) is 0 Å². The highest BCUT2D eigenvalue weighted by Gasteiger charge is 2.41. The molecule has 0 saturated carbocycles. The van der Waals surface area contributed by atoms with Crippen LogP contribution in [0.25, 0.3) is 32.9 Å². The zero-order chi connectivity index (χ0) is 25.4. The van der Waals surface area contributed by atoms with Crippen molar-refractivity contribution >= 4 is 50.6 Å². The van der Waals surface area contributed by atoms with Gasteiger partial charge in [-0.05, 0) is 50.1 Å². The second kappa shape index (κ2) is 9.33. The Morgan fingerprint density at radius 1 is 0.342 bits per heavy atom. The van der Waals surface area contributed by atoms with Gasteiger partial charge in [0.05, 0.1) is 0 Å². The Morgan fingerprint density at radius 2 is 0.789 bits per heavy atom. The maximum atomic E-state index is 3.55. The van der Waals surface area contributed by atoms with Crippen LogP contribution in [-0.4, -0.2) is 13.1 Å². The third-order valence-electron chi connectivity index (χ3n) is 7.78. The first-order valence-electron chi connectivity index (χ1n) is 13.1. The van der Waals surface area contributed by atoms with Gasteiger partial charge < -0.3 is 4.98 Å². The van der Waals surface area contributed by atoms with Gasteiger partial charge in [0.15, 0.2) is 8.07 Å². The van der Waals surface area contributed by atoms with Crippen LogP contribution in [-0.2, 0) is 0 Å². The molecular formula is C36H27NSi. The molecule has 0 saturated heterocycles. The zero-order valence-corrected chi connectivity index (χ0v) is 22.0. The molecule has 0 unspecified atom stereocenters. The lowest BCUT2D eigenvalue weighted by molar-refractivity contribution is 1.54. The van der Waals surface area contributed by atoms with Gasteiger partial charge in [-0.1, -0.05) is 140 Å². The van der Waals surface area contributed by atoms with E-state index in [1.54, 1.807) is 0 Å². The maximum absolute atomic E-state index is 3.55. The van der Waals surface area contributed by atoms with Crippen LogP contribution >= 0.6 is 0 Å². The van der Waals surface area contributed by atoms with E-state index >= 15 is 0 Å². The molecule has 0 aliphatic rings. The van der Waals surface area contributed by atoms with Gasteiger partial charge in [0.25, 0.3) is 0 Å². The Morgan fingerprint density at radius 3 is 1.37 bits per heavy atom. The number of aromatic nitrogens is 1. The molecule has 6 aromatic carbocycles. The average Bonchev–Trinajstić information content (AvgIpc) is 3.38. The van der Waals surface area contributed by atoms with Crippen molar-refractivity contribution in [2.75, 3.05) is 0 Å². The van der Waals surface area contributed by atoms with Crippen molar-refractivity contribution in [1.82, 2.24) is 4.98 Å². The van der Waals surface area contributed by atoms with Crippen molar-refractivity contribution in [3.05, 3.63) is 158 Å². The van der Waals surface area contributed by atoms with E-state index in [1.807, 2.05) is 0 Å². The van der Waals surface area contributed by atoms with Crippen LogP contribution < -0.4 is 20.7 Å². The number of aromatic amines is 1. The van der Waals surface area contributed by atoms with Crippen molar-refractivity contribution in [3.8, 4) is 11.1 Å². The van der Waals surface area contributed by atoms with Crippen LogP contribution in [0.3, 0.4) is 0 Å². The summed E-state index contributed by atoms with van der Waals surface area (Å²) in [6.45, 7) is 0. The summed E-state index contributed by atoms with van der Waals surface area (Å²) in [7, 11) is -2.50. The fourth-order valence-electron chi connectivity index (χ4n) is 6.00. The van der Waals surface area contributed by atoms with Crippen molar-refractivity contribution in [3.63, 3.8) is 0 Å². The zero-order valence-electron chi connectivity index (χ0n) is 21.0. The molecule has 38 heavy (non-hydrogen) atoms. The molecule has 1 aromatic heterocycles. The predicted molar refractivity (Wildman–Crippen MR) is 165 cm³/mol. The van der Waals surface area contributed by atoms with Gasteiger partial charge in [0.2, 0.25) is 0 Å². The van der Waals surface area contributed by atoms with Crippen LogP contribution in [0.1, 0.15) is 0 Å². The SMILES string of the molecule is c1ccc([Si](c2ccccc2)(c2ccccc2)c2ccc(-c3ccc4[nH]c5ccccc5c4c3)cc2)cc1. The fraction of sp³-hybridized carbons (Fsp3) is 0. The number of hydrogen-bond donors (Lipinski definition) is 1. The summed E-state index contributed by atoms with van der Waals surface area (Å²) in [5.41, 5.74) is 4.83. The van der Waals surface area contributed by atoms with Gasteiger partial charge in [0.1, 0.15) is 0 Å². The highest BCUT2D eigenvalue weighted by Crippen LogP contribution is 2.30. The molecule has 1 N–H and O–H groups in total. The molecule has 2 heteroatoms. The van der Waals surface area contributed by atoms with E-state index in [1.165, 1.54) is 53.7 Å². The minimum Gasteiger partial charge on any atom is -0.355 e. The number of fused-ring (bicyclic) bond motifs is 3. The quantitative estimate of drug-likeness (QED) is 0.209. The number of hydrogen-bond acceptors (Lipinski definition) is 0. The highest BCUT2D eigenvalue weighted by atomic mass is 28.3. The predicted octanol–water partition coefficient (Wildman–Crippen LogP) is 6.37. The first-order chi connectivity index (χ1) is 18.8. The molecule has 0 aliphatic heterocycles. The van der Waals surface area contributed by atoms with Crippen molar-refractivity contribution in [1.29, 1.82) is 0 Å². The molecule has 180 valence electrons. The lowest BCUT2D eigenvalue weighted by Gasteiger charge is -2.34. The van der Waals surface area contributed by atoms with Gasteiger partial charge in [0, 0.05) is 21.8 Å². The van der Waals surface area contributed by atoms with E-state index in [2.05, 4.69) is 163 Å². The molecule has 1 heterocycles. The van der Waals surface area contributed by atoms with E-state index in [4.69, 9.17) is 0 Å². The monoisotopic (exact) mass is 501 g/mol. The van der Waals surface area contributed by atoms with Crippen LogP contribution in [0.15, 0.2) is 158 Å². The fourth-order valence-corrected chi connectivity index (χ4v) is 10.7. The molecule has 7 aromatic rings. The summed E-state index contributed by atoms with van der Waals surface area (Å²) in [6, 6.07) is 57.9. The molecule has 1 nitrogen and oxygen atoms in total. The van der Waals surface area contributed by atoms with Crippen molar-refractivity contribution < 1.29 is 0 Å². The first kappa shape index (κ1) is 22.5. The summed E-state index contributed by atoms with van der Waals surface area (Å²) < 4.78 is 0. The Balaban J connectivity index is 1.42. The molecule has 0 aliphatic carbocycles. The summed E-state index contributed by atoms with van der Waals surface area (Å²) in [5.74, 6) is 0. The maximum Gasteiger partial charge on any atom is 0.179 e. The van der Waals surface area contributed by atoms with E-state index in [0.717, 1.165) is 0 Å². The van der Waals surface area contributed by atoms with Gasteiger partial charge in [-0.15, -0.1) is 0 Å². The first-order valence-corrected chi connectivity index (χ1v) is 15.1. The molecule has 0 amide bonds. The molecule has 0 bridgehead atoms. The lowest BCUT2D eigenvalue weighted by atomic mass is 10.0. The van der Waals surface area contributed by atoms with Crippen LogP contribution in [0.4, 0.5) is 0 Å². The van der Waals surface area contributed by atoms with Crippen molar-refractivity contribution in [2.24, 2.45) is 0 Å². The van der Waals surface area contributed by atoms with Crippen LogP contribution in [0.2, 0.25) is 0 Å². The highest BCUT2D eigenvalue weighted by molar-refractivity contribution is 7.19. The largest absolute Gasteiger partial charge is 0.355 e. The van der Waals surface area contributed by atoms with Gasteiger partial charge in [-0.2, -0.15) is 0 Å². The standard InChI is InChI=1S/C36H27NSi/c1-4-12-29(13-5-1)38(30-14-6-2-7-15-30,31-16-8-3-9-17-31)32-23-20-27(21-24-32)28-22-25-36-34(26-28)33-18-10-11-19-35(33)37-36/h1-26,37H. The summed E-state index contributed by atoms with van der Waals surface area (Å²) in [4.78, 5) is 3.55. The average molecular weight is 502 g/mol. The second-order valence-corrected chi connectivity index (χ2v) is 13.7. The van der Waals surface area contributed by atoms with Crippen molar-refractivity contribution in [2.45, 2.75) is 0 Å². The Bertz CT molecular complexity index is 1740. The van der Waals surface area contributed by atoms with E-state index in [0.29, 0.717) is 0 Å². The Kier molecular flexibility index (Phi) is 5.53. The lowest BCUT2D eigenvalue weighted by Crippen LogP contribution is -2.74. The number of benzene rings is 6. The third-order valence-corrected chi connectivity index (χ3v) is 12.6. The normalized spacial score (nSPS) is 11.7. The van der Waals surface area contributed by atoms with E-state index in [9.17, 15) is 0 Å². The van der Waals surface area contributed by atoms with Crippen LogP contribution in [0.5, 0.6) is 0 Å². The summed E-state index contributed by atoms with van der Waals surface area (Å²) in [5, 5.41) is 8.10. The minimum atomic E-state index is -2.50. The second-order valence-electron chi connectivity index (χ2n) is 9.86. The van der Waals surface area contributed by atoms with E-state index in [-0.39, 0.29) is 0 Å². The van der Waals surface area contributed by atoms with Gasteiger partial charge in [-0.25, -0.2) is 0 Å². The number of nitrogens with one attached hydrogen (secondary N) is 1. The molecular weight excluding hydrogens is 474 g/mol. The molecule has 0 fully saturated rings. The Hall–Kier alpha value is -4.66. The number of rotatable bonds is 5. The number of para-hydroxylation sites is 1. The minimum absolute atomic E-state index is 1.18. The van der Waals surface area contributed by atoms with Gasteiger partial charge in [-0.3, -0.25) is 0 Å². The van der Waals surface area contributed by atoms with Gasteiger partial charge >= 0.3 is 0 Å². The molecule has 0 radical (unpaired) electrons.